The van der Waals surface area contributed by atoms with Crippen LogP contribution >= 0.6 is 0 Å². The number of amides is 1. The Bertz CT molecular complexity index is 413. The Hall–Kier alpha value is -1.62. The first kappa shape index (κ1) is 13.4. The summed E-state index contributed by atoms with van der Waals surface area (Å²) in [5.74, 6) is -0.568. The predicted octanol–water partition coefficient (Wildman–Crippen LogP) is 2.67. The molecule has 0 spiro atoms. The Morgan fingerprint density at radius 3 is 2.59 bits per heavy atom. The van der Waals surface area contributed by atoms with Crippen molar-refractivity contribution in [2.45, 2.75) is 33.0 Å². The lowest BCUT2D eigenvalue weighted by molar-refractivity contribution is 0.0636. The molecular formula is C12H16FNO3. The minimum absolute atomic E-state index is 0.180. The Kier molecular flexibility index (Phi) is 4.07. The van der Waals surface area contributed by atoms with Crippen LogP contribution in [0.3, 0.4) is 0 Å². The van der Waals surface area contributed by atoms with Crippen LogP contribution in [0.2, 0.25) is 0 Å². The number of carbonyl (C=O) groups excluding carboxylic acids is 1. The van der Waals surface area contributed by atoms with Crippen molar-refractivity contribution in [3.8, 4) is 0 Å². The average Bonchev–Trinajstić information content (AvgIpc) is 2.14. The van der Waals surface area contributed by atoms with Crippen molar-refractivity contribution in [1.29, 1.82) is 0 Å². The predicted molar refractivity (Wildman–Crippen MR) is 62.2 cm³/mol. The van der Waals surface area contributed by atoms with Crippen LogP contribution in [0.25, 0.3) is 0 Å². The summed E-state index contributed by atoms with van der Waals surface area (Å²) < 4.78 is 18.3. The zero-order valence-electron chi connectivity index (χ0n) is 10.1. The molecule has 2 N–H and O–H groups in total. The molecular weight excluding hydrogens is 225 g/mol. The van der Waals surface area contributed by atoms with Crippen LogP contribution in [0.1, 0.15) is 26.3 Å². The minimum atomic E-state index is -0.645. The summed E-state index contributed by atoms with van der Waals surface area (Å²) in [6.07, 6.45) is -0.645. The molecule has 1 rings (SSSR count). The summed E-state index contributed by atoms with van der Waals surface area (Å²) in [6.45, 7) is 4.84. The Morgan fingerprint density at radius 1 is 1.47 bits per heavy atom. The molecule has 0 fully saturated rings. The lowest BCUT2D eigenvalue weighted by Gasteiger charge is -2.19. The zero-order valence-corrected chi connectivity index (χ0v) is 10.1. The van der Waals surface area contributed by atoms with E-state index in [4.69, 9.17) is 9.84 Å². The normalized spacial score (nSPS) is 11.1. The number of halogens is 1. The number of carbonyl (C=O) groups is 1. The fourth-order valence-corrected chi connectivity index (χ4v) is 1.17. The van der Waals surface area contributed by atoms with Gasteiger partial charge in [0.2, 0.25) is 0 Å². The van der Waals surface area contributed by atoms with E-state index >= 15 is 0 Å². The van der Waals surface area contributed by atoms with Crippen LogP contribution in [0.5, 0.6) is 0 Å². The number of anilines is 1. The van der Waals surface area contributed by atoms with Crippen LogP contribution in [0.15, 0.2) is 18.2 Å². The van der Waals surface area contributed by atoms with Gasteiger partial charge in [0.25, 0.3) is 0 Å². The number of benzene rings is 1. The second-order valence-corrected chi connectivity index (χ2v) is 4.59. The number of aliphatic hydroxyl groups is 1. The van der Waals surface area contributed by atoms with Gasteiger partial charge in [-0.05, 0) is 32.9 Å². The quantitative estimate of drug-likeness (QED) is 0.836. The number of ether oxygens (including phenoxy) is 1. The highest BCUT2D eigenvalue weighted by atomic mass is 19.1. The highest BCUT2D eigenvalue weighted by molar-refractivity contribution is 5.84. The summed E-state index contributed by atoms with van der Waals surface area (Å²) in [6, 6.07) is 4.04. The zero-order chi connectivity index (χ0) is 13.1. The molecule has 0 heterocycles. The highest BCUT2D eigenvalue weighted by Gasteiger charge is 2.16. The number of hydrogen-bond acceptors (Lipinski definition) is 3. The molecule has 1 aromatic rings. The van der Waals surface area contributed by atoms with Crippen molar-refractivity contribution in [3.63, 3.8) is 0 Å². The van der Waals surface area contributed by atoms with E-state index in [1.54, 1.807) is 20.8 Å². The largest absolute Gasteiger partial charge is 0.444 e. The molecule has 0 saturated heterocycles. The molecule has 17 heavy (non-hydrogen) atoms. The van der Waals surface area contributed by atoms with Gasteiger partial charge in [-0.2, -0.15) is 0 Å². The van der Waals surface area contributed by atoms with E-state index in [1.807, 2.05) is 0 Å². The van der Waals surface area contributed by atoms with Crippen molar-refractivity contribution >= 4 is 11.8 Å². The van der Waals surface area contributed by atoms with E-state index < -0.39 is 17.5 Å². The molecule has 5 heteroatoms. The Balaban J connectivity index is 2.69. The molecule has 1 aromatic carbocycles. The van der Waals surface area contributed by atoms with Crippen LogP contribution in [-0.4, -0.2) is 16.8 Å². The fourth-order valence-electron chi connectivity index (χ4n) is 1.17. The second-order valence-electron chi connectivity index (χ2n) is 4.59. The molecule has 4 nitrogen and oxygen atoms in total. The van der Waals surface area contributed by atoms with Gasteiger partial charge in [-0.3, -0.25) is 5.32 Å². The lowest BCUT2D eigenvalue weighted by Crippen LogP contribution is -2.27. The summed E-state index contributed by atoms with van der Waals surface area (Å²) >= 11 is 0. The van der Waals surface area contributed by atoms with Crippen molar-refractivity contribution in [2.75, 3.05) is 5.32 Å². The van der Waals surface area contributed by atoms with E-state index in [1.165, 1.54) is 12.1 Å². The topological polar surface area (TPSA) is 58.6 Å². The first-order valence-electron chi connectivity index (χ1n) is 5.21. The SMILES string of the molecule is CC(C)(C)OC(=O)Nc1ccc(CO)c(F)c1. The summed E-state index contributed by atoms with van der Waals surface area (Å²) in [4.78, 5) is 11.4. The third-order valence-corrected chi connectivity index (χ3v) is 1.87. The number of aliphatic hydroxyl groups excluding tert-OH is 1. The lowest BCUT2D eigenvalue weighted by atomic mass is 10.2. The van der Waals surface area contributed by atoms with Gasteiger partial charge in [0.05, 0.1) is 6.61 Å². The molecule has 0 unspecified atom stereocenters. The van der Waals surface area contributed by atoms with Crippen LogP contribution in [0.4, 0.5) is 14.9 Å². The first-order valence-corrected chi connectivity index (χ1v) is 5.21. The van der Waals surface area contributed by atoms with E-state index in [-0.39, 0.29) is 17.9 Å². The second kappa shape index (κ2) is 5.14. The van der Waals surface area contributed by atoms with Crippen molar-refractivity contribution in [2.24, 2.45) is 0 Å². The molecule has 0 aromatic heterocycles. The Morgan fingerprint density at radius 2 is 2.12 bits per heavy atom. The van der Waals surface area contributed by atoms with Gasteiger partial charge in [-0.1, -0.05) is 6.07 Å². The number of rotatable bonds is 2. The summed E-state index contributed by atoms with van der Waals surface area (Å²) in [5, 5.41) is 11.2. The maximum Gasteiger partial charge on any atom is 0.412 e. The molecule has 0 aliphatic carbocycles. The Labute approximate surface area is 99.4 Å². The fraction of sp³-hybridized carbons (Fsp3) is 0.417. The molecule has 94 valence electrons. The van der Waals surface area contributed by atoms with Gasteiger partial charge in [-0.25, -0.2) is 9.18 Å². The van der Waals surface area contributed by atoms with Gasteiger partial charge >= 0.3 is 6.09 Å². The molecule has 0 bridgehead atoms. The smallest absolute Gasteiger partial charge is 0.412 e. The van der Waals surface area contributed by atoms with Crippen LogP contribution in [0, 0.1) is 5.82 Å². The van der Waals surface area contributed by atoms with Gasteiger partial charge < -0.3 is 9.84 Å². The van der Waals surface area contributed by atoms with Crippen molar-refractivity contribution < 1.29 is 19.0 Å². The van der Waals surface area contributed by atoms with Crippen LogP contribution < -0.4 is 5.32 Å². The first-order chi connectivity index (χ1) is 7.81. The molecule has 0 aliphatic rings. The molecule has 0 saturated carbocycles. The van der Waals surface area contributed by atoms with E-state index in [0.29, 0.717) is 0 Å². The number of nitrogens with one attached hydrogen (secondary N) is 1. The van der Waals surface area contributed by atoms with E-state index in [9.17, 15) is 9.18 Å². The van der Waals surface area contributed by atoms with Crippen LogP contribution in [-0.2, 0) is 11.3 Å². The standard InChI is InChI=1S/C12H16FNO3/c1-12(2,3)17-11(16)14-9-5-4-8(7-15)10(13)6-9/h4-6,15H,7H2,1-3H3,(H,14,16). The third kappa shape index (κ3) is 4.40. The van der Waals surface area contributed by atoms with Gasteiger partial charge in [-0.15, -0.1) is 0 Å². The van der Waals surface area contributed by atoms with Gasteiger partial charge in [0.1, 0.15) is 11.4 Å². The molecule has 1 amide bonds. The minimum Gasteiger partial charge on any atom is -0.444 e. The monoisotopic (exact) mass is 241 g/mol. The number of hydrogen-bond donors (Lipinski definition) is 2. The third-order valence-electron chi connectivity index (χ3n) is 1.87. The summed E-state index contributed by atoms with van der Waals surface area (Å²) in [5.41, 5.74) is -0.137. The van der Waals surface area contributed by atoms with Gasteiger partial charge in [0, 0.05) is 11.3 Å². The summed E-state index contributed by atoms with van der Waals surface area (Å²) in [7, 11) is 0. The van der Waals surface area contributed by atoms with Gasteiger partial charge in [0.15, 0.2) is 0 Å². The average molecular weight is 241 g/mol. The molecule has 0 radical (unpaired) electrons. The highest BCUT2D eigenvalue weighted by Crippen LogP contribution is 2.16. The van der Waals surface area contributed by atoms with E-state index in [0.717, 1.165) is 6.07 Å². The maximum absolute atomic E-state index is 13.3. The van der Waals surface area contributed by atoms with E-state index in [2.05, 4.69) is 5.32 Å². The molecule has 0 atom stereocenters. The maximum atomic E-state index is 13.3. The van der Waals surface area contributed by atoms with Crippen molar-refractivity contribution in [3.05, 3.63) is 29.6 Å². The molecule has 0 aliphatic heterocycles. The van der Waals surface area contributed by atoms with Crippen molar-refractivity contribution in [1.82, 2.24) is 0 Å².